The molecule has 0 radical (unpaired) electrons. The van der Waals surface area contributed by atoms with Gasteiger partial charge in [0.05, 0.1) is 29.4 Å². The third-order valence-electron chi connectivity index (χ3n) is 3.99. The summed E-state index contributed by atoms with van der Waals surface area (Å²) in [6.07, 6.45) is -4.58. The number of aliphatic imine (C=N–C) groups is 1. The maximum Gasteiger partial charge on any atom is 0.431 e. The summed E-state index contributed by atoms with van der Waals surface area (Å²) in [4.78, 5) is 18.2. The summed E-state index contributed by atoms with van der Waals surface area (Å²) in [5.41, 5.74) is -1.41. The van der Waals surface area contributed by atoms with Gasteiger partial charge in [0.2, 0.25) is 5.96 Å². The summed E-state index contributed by atoms with van der Waals surface area (Å²) in [5, 5.41) is -0.0143. The first-order valence-corrected chi connectivity index (χ1v) is 8.51. The van der Waals surface area contributed by atoms with Crippen molar-refractivity contribution in [1.29, 1.82) is 0 Å². The highest BCUT2D eigenvalue weighted by molar-refractivity contribution is 6.32. The Labute approximate surface area is 157 Å². The van der Waals surface area contributed by atoms with Crippen LogP contribution in [0.25, 0.3) is 0 Å². The molecule has 0 saturated heterocycles. The van der Waals surface area contributed by atoms with Gasteiger partial charge in [0.15, 0.2) is 0 Å². The van der Waals surface area contributed by atoms with Crippen LogP contribution in [0.5, 0.6) is 5.75 Å². The molecule has 2 heterocycles. The lowest BCUT2D eigenvalue weighted by atomic mass is 10.1. The van der Waals surface area contributed by atoms with Crippen LogP contribution in [-0.4, -0.2) is 41.6 Å². The van der Waals surface area contributed by atoms with Crippen molar-refractivity contribution in [1.82, 2.24) is 4.90 Å². The van der Waals surface area contributed by atoms with Crippen LogP contribution in [0.2, 0.25) is 5.02 Å². The number of hydrogen-bond donors (Lipinski definition) is 0. The van der Waals surface area contributed by atoms with Gasteiger partial charge in [-0.2, -0.15) is 13.2 Å². The van der Waals surface area contributed by atoms with Crippen LogP contribution in [0.1, 0.15) is 20.8 Å². The van der Waals surface area contributed by atoms with Crippen LogP contribution >= 0.6 is 11.6 Å². The normalized spacial score (nSPS) is 20.0. The SMILES string of the molecule is CC(C)Oc1cc(N2C(=O)C=C(C(F)(F)F)N3C2=NCC3C)c(F)cc1Cl. The molecule has 0 aromatic heterocycles. The Morgan fingerprint density at radius 1 is 1.33 bits per heavy atom. The average molecular weight is 406 g/mol. The van der Waals surface area contributed by atoms with Gasteiger partial charge < -0.3 is 9.64 Å². The fourth-order valence-corrected chi connectivity index (χ4v) is 3.12. The number of allylic oxidation sites excluding steroid dienone is 1. The molecular formula is C17H16ClF4N3O2. The van der Waals surface area contributed by atoms with E-state index in [-0.39, 0.29) is 35.1 Å². The van der Waals surface area contributed by atoms with Gasteiger partial charge in [-0.1, -0.05) is 11.6 Å². The minimum atomic E-state index is -4.74. The molecule has 10 heteroatoms. The third kappa shape index (κ3) is 3.47. The van der Waals surface area contributed by atoms with E-state index in [1.54, 1.807) is 13.8 Å². The van der Waals surface area contributed by atoms with Crippen molar-refractivity contribution in [3.05, 3.63) is 34.7 Å². The zero-order chi connectivity index (χ0) is 20.1. The summed E-state index contributed by atoms with van der Waals surface area (Å²) in [7, 11) is 0. The van der Waals surface area contributed by atoms with Gasteiger partial charge in [0.1, 0.15) is 17.3 Å². The van der Waals surface area contributed by atoms with Crippen molar-refractivity contribution < 1.29 is 27.1 Å². The van der Waals surface area contributed by atoms with Crippen molar-refractivity contribution in [3.8, 4) is 5.75 Å². The van der Waals surface area contributed by atoms with Crippen LogP contribution in [0.3, 0.4) is 0 Å². The third-order valence-corrected chi connectivity index (χ3v) is 4.28. The Hall–Kier alpha value is -2.29. The Kier molecular flexibility index (Phi) is 4.83. The molecule has 2 aliphatic rings. The topological polar surface area (TPSA) is 45.1 Å². The van der Waals surface area contributed by atoms with E-state index in [1.165, 1.54) is 13.0 Å². The number of guanidine groups is 1. The number of anilines is 1. The molecule has 0 aliphatic carbocycles. The molecule has 5 nitrogen and oxygen atoms in total. The second kappa shape index (κ2) is 6.70. The standard InChI is InChI=1S/C17H16ClF4N3O2/c1-8(2)27-13-5-12(11(19)4-10(13)18)25-15(26)6-14(17(20,21)22)24-9(3)7-23-16(24)25/h4-6,8-9H,7H2,1-3H3. The number of nitrogens with zero attached hydrogens (tertiary/aromatic N) is 3. The molecule has 1 unspecified atom stereocenters. The molecule has 0 saturated carbocycles. The van der Waals surface area contributed by atoms with Crippen molar-refractivity contribution >= 4 is 29.2 Å². The Bertz CT molecular complexity index is 851. The lowest BCUT2D eigenvalue weighted by molar-refractivity contribution is -0.120. The lowest BCUT2D eigenvalue weighted by Crippen LogP contribution is -2.53. The quantitative estimate of drug-likeness (QED) is 0.711. The van der Waals surface area contributed by atoms with Crippen molar-refractivity contribution in [3.63, 3.8) is 0 Å². The summed E-state index contributed by atoms with van der Waals surface area (Å²) in [5.74, 6) is -2.10. The molecule has 146 valence electrons. The van der Waals surface area contributed by atoms with E-state index in [0.29, 0.717) is 6.08 Å². The maximum absolute atomic E-state index is 14.6. The monoisotopic (exact) mass is 405 g/mol. The fourth-order valence-electron chi connectivity index (χ4n) is 2.92. The molecule has 0 spiro atoms. The molecule has 1 atom stereocenters. The molecule has 0 N–H and O–H groups in total. The number of fused-ring (bicyclic) bond motifs is 1. The number of carbonyl (C=O) groups excluding carboxylic acids is 1. The minimum Gasteiger partial charge on any atom is -0.489 e. The molecule has 1 amide bonds. The Morgan fingerprint density at radius 2 is 2.00 bits per heavy atom. The maximum atomic E-state index is 14.6. The zero-order valence-electron chi connectivity index (χ0n) is 14.6. The summed E-state index contributed by atoms with van der Waals surface area (Å²) >= 11 is 5.97. The lowest BCUT2D eigenvalue weighted by Gasteiger charge is -2.37. The van der Waals surface area contributed by atoms with E-state index >= 15 is 0 Å². The predicted molar refractivity (Wildman–Crippen MR) is 92.4 cm³/mol. The number of rotatable bonds is 3. The van der Waals surface area contributed by atoms with E-state index in [9.17, 15) is 22.4 Å². The average Bonchev–Trinajstić information content (AvgIpc) is 2.90. The van der Waals surface area contributed by atoms with Gasteiger partial charge >= 0.3 is 6.18 Å². The number of alkyl halides is 3. The van der Waals surface area contributed by atoms with Crippen molar-refractivity contribution in [2.24, 2.45) is 4.99 Å². The summed E-state index contributed by atoms with van der Waals surface area (Å²) in [6.45, 7) is 5.04. The summed E-state index contributed by atoms with van der Waals surface area (Å²) in [6, 6.07) is 1.50. The Morgan fingerprint density at radius 3 is 2.59 bits per heavy atom. The number of ether oxygens (including phenoxy) is 1. The fraction of sp³-hybridized carbons (Fsp3) is 0.412. The van der Waals surface area contributed by atoms with Crippen LogP contribution in [0, 0.1) is 5.82 Å². The highest BCUT2D eigenvalue weighted by atomic mass is 35.5. The van der Waals surface area contributed by atoms with Crippen molar-refractivity contribution in [2.45, 2.75) is 39.1 Å². The molecule has 1 aromatic rings. The highest BCUT2D eigenvalue weighted by Crippen LogP contribution is 2.39. The number of halogens is 5. The highest BCUT2D eigenvalue weighted by Gasteiger charge is 2.49. The van der Waals surface area contributed by atoms with E-state index in [1.807, 2.05) is 0 Å². The second-order valence-corrected chi connectivity index (χ2v) is 6.87. The van der Waals surface area contributed by atoms with Crippen molar-refractivity contribution in [2.75, 3.05) is 11.4 Å². The second-order valence-electron chi connectivity index (χ2n) is 6.46. The van der Waals surface area contributed by atoms with Gasteiger partial charge in [-0.05, 0) is 26.8 Å². The van der Waals surface area contributed by atoms with Gasteiger partial charge in [-0.15, -0.1) is 0 Å². The first kappa shape index (κ1) is 19.5. The molecule has 3 rings (SSSR count). The van der Waals surface area contributed by atoms with Gasteiger partial charge in [-0.3, -0.25) is 4.79 Å². The van der Waals surface area contributed by atoms with Crippen LogP contribution < -0.4 is 9.64 Å². The van der Waals surface area contributed by atoms with Crippen LogP contribution in [0.15, 0.2) is 28.9 Å². The minimum absolute atomic E-state index is 0.0143. The number of benzene rings is 1. The van der Waals surface area contributed by atoms with E-state index in [2.05, 4.69) is 4.99 Å². The van der Waals surface area contributed by atoms with E-state index in [0.717, 1.165) is 15.9 Å². The number of hydrogen-bond acceptors (Lipinski definition) is 4. The zero-order valence-corrected chi connectivity index (χ0v) is 15.4. The van der Waals surface area contributed by atoms with Gasteiger partial charge in [-0.25, -0.2) is 14.3 Å². The molecule has 2 aliphatic heterocycles. The first-order valence-electron chi connectivity index (χ1n) is 8.13. The smallest absolute Gasteiger partial charge is 0.431 e. The first-order chi connectivity index (χ1) is 12.5. The van der Waals surface area contributed by atoms with Crippen LogP contribution in [-0.2, 0) is 4.79 Å². The molecule has 0 fully saturated rings. The molecule has 1 aromatic carbocycles. The van der Waals surface area contributed by atoms with E-state index in [4.69, 9.17) is 16.3 Å². The molecule has 27 heavy (non-hydrogen) atoms. The summed E-state index contributed by atoms with van der Waals surface area (Å²) < 4.78 is 60.1. The molecular weight excluding hydrogens is 390 g/mol. The Balaban J connectivity index is 2.13. The van der Waals surface area contributed by atoms with Gasteiger partial charge in [0, 0.05) is 12.1 Å². The van der Waals surface area contributed by atoms with Gasteiger partial charge in [0.25, 0.3) is 5.91 Å². The van der Waals surface area contributed by atoms with Crippen LogP contribution in [0.4, 0.5) is 23.2 Å². The molecule has 0 bridgehead atoms. The number of carbonyl (C=O) groups is 1. The largest absolute Gasteiger partial charge is 0.489 e. The van der Waals surface area contributed by atoms with E-state index < -0.39 is 29.6 Å². The predicted octanol–water partition coefficient (Wildman–Crippen LogP) is 4.12. The number of amides is 1.